The fourth-order valence-corrected chi connectivity index (χ4v) is 7.02. The molecule has 3 heterocycles. The third kappa shape index (κ3) is 15.6. The predicted molar refractivity (Wildman–Crippen MR) is 201 cm³/mol. The lowest BCUT2D eigenvalue weighted by Gasteiger charge is -2.49. The molecule has 3 N–H and O–H groups in total. The molecule has 3 rings (SSSR count). The van der Waals surface area contributed by atoms with Crippen LogP contribution in [0.15, 0.2) is 0 Å². The quantitative estimate of drug-likeness (QED) is 0.0985. The van der Waals surface area contributed by atoms with Crippen molar-refractivity contribution in [3.8, 4) is 0 Å². The SMILES string of the molecule is CC(=O)NC1C(OCC2OC(O)C(OC3OC(COC(C)=O)C(OC(C)=O)C(OC(C)=O)C3NC(C)=O)C(OC(C)=O)C2OC(C)=O)OC(COC(C)=O)C(OC(C)=O)C1OC(C)=O. The van der Waals surface area contributed by atoms with Crippen LogP contribution in [0.25, 0.3) is 0 Å². The number of ether oxygens (including phenoxy) is 13. The van der Waals surface area contributed by atoms with Crippen molar-refractivity contribution < 1.29 is 115 Å². The molecule has 3 fully saturated rings. The summed E-state index contributed by atoms with van der Waals surface area (Å²) < 4.78 is 73.1. The van der Waals surface area contributed by atoms with Crippen LogP contribution in [0.3, 0.4) is 0 Å². The van der Waals surface area contributed by atoms with E-state index in [0.29, 0.717) is 0 Å². The minimum absolute atomic E-state index is 0.579. The number of carbonyl (C=O) groups excluding carboxylic acids is 10. The van der Waals surface area contributed by atoms with Gasteiger partial charge in [0.05, 0.1) is 6.61 Å². The van der Waals surface area contributed by atoms with Crippen molar-refractivity contribution in [1.29, 1.82) is 0 Å². The van der Waals surface area contributed by atoms with Gasteiger partial charge >= 0.3 is 47.8 Å². The number of amides is 2. The summed E-state index contributed by atoms with van der Waals surface area (Å²) >= 11 is 0. The fraction of sp³-hybridized carbons (Fsp3) is 0.737. The van der Waals surface area contributed by atoms with Crippen LogP contribution in [0.4, 0.5) is 0 Å². The van der Waals surface area contributed by atoms with E-state index in [1.165, 1.54) is 0 Å². The second-order valence-corrected chi connectivity index (χ2v) is 14.6. The van der Waals surface area contributed by atoms with Crippen LogP contribution in [-0.4, -0.2) is 176 Å². The van der Waals surface area contributed by atoms with E-state index in [4.69, 9.17) is 61.6 Å². The Bertz CT molecular complexity index is 1740. The Morgan fingerprint density at radius 3 is 1.11 bits per heavy atom. The molecule has 0 spiro atoms. The summed E-state index contributed by atoms with van der Waals surface area (Å²) in [6.45, 7) is 8.41. The van der Waals surface area contributed by atoms with Gasteiger partial charge in [0, 0.05) is 69.2 Å². The molecule has 26 heteroatoms. The zero-order valence-electron chi connectivity index (χ0n) is 36.6. The lowest BCUT2D eigenvalue weighted by molar-refractivity contribution is -0.354. The van der Waals surface area contributed by atoms with Crippen molar-refractivity contribution >= 4 is 59.6 Å². The zero-order valence-corrected chi connectivity index (χ0v) is 36.6. The van der Waals surface area contributed by atoms with E-state index in [-0.39, 0.29) is 0 Å². The smallest absolute Gasteiger partial charge is 0.303 e. The van der Waals surface area contributed by atoms with E-state index in [2.05, 4.69) is 10.6 Å². The van der Waals surface area contributed by atoms with Gasteiger partial charge in [-0.2, -0.15) is 0 Å². The molecule has 0 aliphatic carbocycles. The Labute approximate surface area is 365 Å². The van der Waals surface area contributed by atoms with Crippen molar-refractivity contribution in [3.63, 3.8) is 0 Å². The largest absolute Gasteiger partial charge is 0.463 e. The van der Waals surface area contributed by atoms with E-state index in [0.717, 1.165) is 69.2 Å². The molecule has 3 aliphatic rings. The number of nitrogens with one attached hydrogen (secondary N) is 2. The third-order valence-corrected chi connectivity index (χ3v) is 9.07. The van der Waals surface area contributed by atoms with E-state index in [9.17, 15) is 53.1 Å². The number of hydrogen-bond donors (Lipinski definition) is 3. The molecule has 15 unspecified atom stereocenters. The molecule has 0 aromatic heterocycles. The van der Waals surface area contributed by atoms with Gasteiger partial charge in [0.15, 0.2) is 61.6 Å². The summed E-state index contributed by atoms with van der Waals surface area (Å²) in [7, 11) is 0. The first kappa shape index (κ1) is 52.8. The zero-order chi connectivity index (χ0) is 48.2. The van der Waals surface area contributed by atoms with Crippen molar-refractivity contribution in [1.82, 2.24) is 10.6 Å². The lowest BCUT2D eigenvalue weighted by Crippen LogP contribution is -2.69. The standard InChI is InChI=1S/C38H54N2O24/c1-14(41)39-27-32(58-21(8)48)29(55-18(5)45)25(11-52-16(3)43)62-37(27)54-13-24-31(57-20(7)47)34(60-23(10)50)35(36(51)61-24)64-38-28(40-15(2)42)33(59-22(9)49)30(56-19(6)46)26(63-38)12-53-17(4)44/h24-38,51H,11-13H2,1-10H3,(H,39,41)(H,40,42). The Morgan fingerprint density at radius 1 is 0.406 bits per heavy atom. The molecular formula is C38H54N2O24. The van der Waals surface area contributed by atoms with Crippen LogP contribution in [0, 0.1) is 0 Å². The summed E-state index contributed by atoms with van der Waals surface area (Å²) in [6.07, 6.45) is -21.8. The van der Waals surface area contributed by atoms with Gasteiger partial charge in [-0.1, -0.05) is 0 Å². The molecule has 0 aromatic carbocycles. The first-order chi connectivity index (χ1) is 29.9. The van der Waals surface area contributed by atoms with Gasteiger partial charge in [0.25, 0.3) is 0 Å². The minimum atomic E-state index is -2.17. The number of esters is 8. The van der Waals surface area contributed by atoms with Crippen LogP contribution in [0.2, 0.25) is 0 Å². The topological polar surface area (TPSA) is 335 Å². The Hall–Kier alpha value is -5.54. The molecule has 0 saturated carbocycles. The average Bonchev–Trinajstić information content (AvgIpc) is 3.14. The molecule has 26 nitrogen and oxygen atoms in total. The highest BCUT2D eigenvalue weighted by Gasteiger charge is 2.57. The van der Waals surface area contributed by atoms with E-state index in [1.807, 2.05) is 0 Å². The summed E-state index contributed by atoms with van der Waals surface area (Å²) in [6, 6.07) is -3.04. The third-order valence-electron chi connectivity index (χ3n) is 9.07. The fourth-order valence-electron chi connectivity index (χ4n) is 7.02. The first-order valence-corrected chi connectivity index (χ1v) is 19.6. The molecular weight excluding hydrogens is 868 g/mol. The predicted octanol–water partition coefficient (Wildman–Crippen LogP) is -2.72. The highest BCUT2D eigenvalue weighted by atomic mass is 16.8. The van der Waals surface area contributed by atoms with Crippen molar-refractivity contribution in [2.24, 2.45) is 0 Å². The van der Waals surface area contributed by atoms with Crippen LogP contribution in [0.5, 0.6) is 0 Å². The summed E-state index contributed by atoms with van der Waals surface area (Å²) in [5.74, 6) is -8.60. The number of rotatable bonds is 17. The Kier molecular flexibility index (Phi) is 19.8. The number of carbonyl (C=O) groups is 10. The van der Waals surface area contributed by atoms with Gasteiger partial charge < -0.3 is 77.3 Å². The monoisotopic (exact) mass is 922 g/mol. The summed E-state index contributed by atoms with van der Waals surface area (Å²) in [5.41, 5.74) is 0. The Morgan fingerprint density at radius 2 is 0.734 bits per heavy atom. The first-order valence-electron chi connectivity index (χ1n) is 19.6. The normalized spacial score (nSPS) is 32.3. The number of hydrogen-bond acceptors (Lipinski definition) is 24. The molecule has 2 amide bonds. The Balaban J connectivity index is 2.09. The van der Waals surface area contributed by atoms with E-state index >= 15 is 0 Å². The van der Waals surface area contributed by atoms with Gasteiger partial charge in [0.1, 0.15) is 43.6 Å². The van der Waals surface area contributed by atoms with Gasteiger partial charge in [-0.15, -0.1) is 0 Å². The molecule has 3 saturated heterocycles. The van der Waals surface area contributed by atoms with E-state index < -0.39 is 171 Å². The van der Waals surface area contributed by atoms with Gasteiger partial charge in [0.2, 0.25) is 11.8 Å². The van der Waals surface area contributed by atoms with Crippen LogP contribution in [-0.2, 0) is 110 Å². The van der Waals surface area contributed by atoms with Gasteiger partial charge in [-0.05, 0) is 0 Å². The van der Waals surface area contributed by atoms with Crippen LogP contribution < -0.4 is 10.6 Å². The van der Waals surface area contributed by atoms with Crippen LogP contribution in [0.1, 0.15) is 69.2 Å². The summed E-state index contributed by atoms with van der Waals surface area (Å²) in [5, 5.41) is 16.6. The molecule has 64 heavy (non-hydrogen) atoms. The second kappa shape index (κ2) is 23.9. The summed E-state index contributed by atoms with van der Waals surface area (Å²) in [4.78, 5) is 123. The van der Waals surface area contributed by atoms with Crippen molar-refractivity contribution in [2.75, 3.05) is 19.8 Å². The lowest BCUT2D eigenvalue weighted by atomic mass is 9.94. The average molecular weight is 923 g/mol. The molecule has 15 atom stereocenters. The maximum Gasteiger partial charge on any atom is 0.303 e. The van der Waals surface area contributed by atoms with E-state index in [1.54, 1.807) is 0 Å². The highest BCUT2D eigenvalue weighted by Crippen LogP contribution is 2.35. The van der Waals surface area contributed by atoms with Crippen molar-refractivity contribution in [2.45, 2.75) is 161 Å². The second-order valence-electron chi connectivity index (χ2n) is 14.6. The molecule has 0 radical (unpaired) electrons. The van der Waals surface area contributed by atoms with Crippen LogP contribution >= 0.6 is 0 Å². The van der Waals surface area contributed by atoms with Gasteiger partial charge in [-0.3, -0.25) is 47.9 Å². The highest BCUT2D eigenvalue weighted by molar-refractivity contribution is 5.74. The minimum Gasteiger partial charge on any atom is -0.463 e. The maximum absolute atomic E-state index is 12.7. The molecule has 3 aliphatic heterocycles. The maximum atomic E-state index is 12.7. The van der Waals surface area contributed by atoms with Gasteiger partial charge in [-0.25, -0.2) is 0 Å². The van der Waals surface area contributed by atoms with Crippen molar-refractivity contribution in [3.05, 3.63) is 0 Å². The molecule has 0 bridgehead atoms. The number of aliphatic hydroxyl groups excluding tert-OH is 1. The number of aliphatic hydroxyl groups is 1. The molecule has 0 aromatic rings. The molecule has 360 valence electrons.